The van der Waals surface area contributed by atoms with Gasteiger partial charge in [0.15, 0.2) is 17.5 Å². The molecule has 56 heavy (non-hydrogen) atoms. The second-order valence-corrected chi connectivity index (χ2v) is 14.0. The summed E-state index contributed by atoms with van der Waals surface area (Å²) in [7, 11) is 0. The van der Waals surface area contributed by atoms with Gasteiger partial charge in [0.2, 0.25) is 0 Å². The molecular weight excluding hydrogens is 687 g/mol. The van der Waals surface area contributed by atoms with Crippen molar-refractivity contribution in [3.8, 4) is 68.3 Å². The lowest BCUT2D eigenvalue weighted by Crippen LogP contribution is -2.05. The van der Waals surface area contributed by atoms with Gasteiger partial charge in [-0.3, -0.25) is 9.13 Å². The van der Waals surface area contributed by atoms with Crippen LogP contribution < -0.4 is 0 Å². The third-order valence-electron chi connectivity index (χ3n) is 10.1. The molecule has 0 spiro atoms. The van der Waals surface area contributed by atoms with E-state index in [1.54, 1.807) is 0 Å². The smallest absolute Gasteiger partial charge is 0.164 e. The van der Waals surface area contributed by atoms with Gasteiger partial charge in [-0.15, -0.1) is 0 Å². The van der Waals surface area contributed by atoms with E-state index in [0.717, 1.165) is 72.9 Å². The lowest BCUT2D eigenvalue weighted by atomic mass is 10.1. The average Bonchev–Trinajstić information content (AvgIpc) is 3.84. The summed E-state index contributed by atoms with van der Waals surface area (Å²) >= 11 is 0. The Hall–Kier alpha value is -7.51. The van der Waals surface area contributed by atoms with Gasteiger partial charge in [0, 0.05) is 27.8 Å². The van der Waals surface area contributed by atoms with Crippen molar-refractivity contribution < 1.29 is 0 Å². The Morgan fingerprint density at radius 3 is 1.12 bits per heavy atom. The zero-order chi connectivity index (χ0) is 37.6. The number of benzene rings is 7. The van der Waals surface area contributed by atoms with Crippen molar-refractivity contribution >= 4 is 22.1 Å². The van der Waals surface area contributed by atoms with E-state index in [9.17, 15) is 0 Å². The lowest BCUT2D eigenvalue weighted by Gasteiger charge is -2.17. The second-order valence-electron chi connectivity index (χ2n) is 14.0. The third kappa shape index (κ3) is 6.01. The normalized spacial score (nSPS) is 11.4. The largest absolute Gasteiger partial charge is 0.292 e. The number of nitrogens with zero attached hydrogens (tertiary/aromatic N) is 7. The average molecular weight is 722 g/mol. The zero-order valence-corrected chi connectivity index (χ0v) is 30.9. The van der Waals surface area contributed by atoms with Gasteiger partial charge >= 0.3 is 0 Å². The fourth-order valence-electron chi connectivity index (χ4n) is 7.29. The first-order valence-corrected chi connectivity index (χ1v) is 18.7. The summed E-state index contributed by atoms with van der Waals surface area (Å²) in [6.07, 6.45) is 0. The number of aromatic nitrogens is 7. The highest BCUT2D eigenvalue weighted by molar-refractivity contribution is 5.87. The number of para-hydroxylation sites is 4. The first-order chi connectivity index (χ1) is 27.6. The predicted octanol–water partition coefficient (Wildman–Crippen LogP) is 11.5. The van der Waals surface area contributed by atoms with Crippen LogP contribution in [0.5, 0.6) is 0 Å². The molecule has 0 fully saturated rings. The van der Waals surface area contributed by atoms with E-state index in [1.807, 2.05) is 72.8 Å². The maximum Gasteiger partial charge on any atom is 0.164 e. The summed E-state index contributed by atoms with van der Waals surface area (Å²) in [5.74, 6) is 3.44. The Morgan fingerprint density at radius 1 is 0.321 bits per heavy atom. The third-order valence-corrected chi connectivity index (χ3v) is 10.1. The molecule has 266 valence electrons. The predicted molar refractivity (Wildman–Crippen MR) is 226 cm³/mol. The Labute approximate surface area is 324 Å². The van der Waals surface area contributed by atoms with Gasteiger partial charge in [0.05, 0.1) is 33.4 Å². The van der Waals surface area contributed by atoms with E-state index in [4.69, 9.17) is 24.9 Å². The van der Waals surface area contributed by atoms with E-state index in [1.165, 1.54) is 11.1 Å². The summed E-state index contributed by atoms with van der Waals surface area (Å²) < 4.78 is 4.49. The molecule has 0 aliphatic heterocycles. The first-order valence-electron chi connectivity index (χ1n) is 18.7. The van der Waals surface area contributed by atoms with Crippen LogP contribution in [0.1, 0.15) is 11.1 Å². The van der Waals surface area contributed by atoms with Gasteiger partial charge in [-0.2, -0.15) is 0 Å². The molecule has 3 aromatic heterocycles. The number of hydrogen-bond acceptors (Lipinski definition) is 5. The summed E-state index contributed by atoms with van der Waals surface area (Å²) in [5, 5.41) is 0. The molecule has 3 heterocycles. The van der Waals surface area contributed by atoms with Crippen LogP contribution in [-0.4, -0.2) is 34.1 Å². The van der Waals surface area contributed by atoms with Crippen LogP contribution in [0.3, 0.4) is 0 Å². The van der Waals surface area contributed by atoms with Gasteiger partial charge in [0.25, 0.3) is 0 Å². The van der Waals surface area contributed by atoms with Crippen LogP contribution >= 0.6 is 0 Å². The molecule has 10 rings (SSSR count). The van der Waals surface area contributed by atoms with Crippen molar-refractivity contribution in [1.82, 2.24) is 34.1 Å². The second kappa shape index (κ2) is 13.7. The molecule has 0 aliphatic carbocycles. The molecule has 0 amide bonds. The minimum Gasteiger partial charge on any atom is -0.292 e. The molecule has 0 saturated heterocycles. The van der Waals surface area contributed by atoms with Crippen molar-refractivity contribution in [2.45, 2.75) is 13.8 Å². The van der Waals surface area contributed by atoms with Crippen LogP contribution in [0.25, 0.3) is 90.4 Å². The summed E-state index contributed by atoms with van der Waals surface area (Å²) in [6, 6.07) is 60.4. The molecule has 0 unspecified atom stereocenters. The zero-order valence-electron chi connectivity index (χ0n) is 30.9. The van der Waals surface area contributed by atoms with E-state index < -0.39 is 0 Å². The van der Waals surface area contributed by atoms with Crippen LogP contribution in [-0.2, 0) is 0 Å². The van der Waals surface area contributed by atoms with Gasteiger partial charge in [-0.05, 0) is 56.3 Å². The van der Waals surface area contributed by atoms with Crippen LogP contribution in [0.4, 0.5) is 0 Å². The van der Waals surface area contributed by atoms with Crippen molar-refractivity contribution in [2.75, 3.05) is 0 Å². The number of fused-ring (bicyclic) bond motifs is 2. The summed E-state index contributed by atoms with van der Waals surface area (Å²) in [4.78, 5) is 25.8. The molecule has 7 aromatic carbocycles. The molecule has 0 aliphatic rings. The Kier molecular flexibility index (Phi) is 8.11. The standard InChI is InChI=1S/C49H35N7/c1-32-21-25-36(26-22-32)48-50-41-17-9-11-19-43(41)55(48)39-29-38(47-53-45(34-13-5-3-6-14-34)52-46(54-47)35-15-7-4-8-16-35)30-40(31-39)56-44-20-12-10-18-42(44)51-49(56)37-27-23-33(2)24-28-37/h3-31H,1-2H3. The molecule has 0 saturated carbocycles. The molecule has 7 nitrogen and oxygen atoms in total. The van der Waals surface area contributed by atoms with E-state index in [-0.39, 0.29) is 0 Å². The number of rotatable bonds is 7. The fraction of sp³-hybridized carbons (Fsp3) is 0.0408. The van der Waals surface area contributed by atoms with Gasteiger partial charge in [0.1, 0.15) is 11.6 Å². The Balaban J connectivity index is 1.29. The van der Waals surface area contributed by atoms with Gasteiger partial charge < -0.3 is 0 Å². The van der Waals surface area contributed by atoms with Gasteiger partial charge in [-0.1, -0.05) is 145 Å². The maximum absolute atomic E-state index is 5.22. The molecule has 0 bridgehead atoms. The minimum atomic E-state index is 0.559. The Morgan fingerprint density at radius 2 is 0.696 bits per heavy atom. The maximum atomic E-state index is 5.22. The van der Waals surface area contributed by atoms with Crippen molar-refractivity contribution in [3.63, 3.8) is 0 Å². The van der Waals surface area contributed by atoms with Crippen molar-refractivity contribution in [1.29, 1.82) is 0 Å². The molecule has 0 atom stereocenters. The highest BCUT2D eigenvalue weighted by Gasteiger charge is 2.21. The minimum absolute atomic E-state index is 0.559. The Bertz CT molecular complexity index is 2820. The molecule has 0 radical (unpaired) electrons. The monoisotopic (exact) mass is 721 g/mol. The van der Waals surface area contributed by atoms with E-state index in [0.29, 0.717) is 17.5 Å². The number of hydrogen-bond donors (Lipinski definition) is 0. The van der Waals surface area contributed by atoms with E-state index >= 15 is 0 Å². The van der Waals surface area contributed by atoms with Crippen LogP contribution in [0.15, 0.2) is 176 Å². The molecule has 10 aromatic rings. The summed E-state index contributed by atoms with van der Waals surface area (Å²) in [5.41, 5.74) is 12.7. The highest BCUT2D eigenvalue weighted by atomic mass is 15.1. The van der Waals surface area contributed by atoms with Crippen molar-refractivity contribution in [2.24, 2.45) is 0 Å². The SMILES string of the molecule is Cc1ccc(-c2nc3ccccc3n2-c2cc(-c3nc(-c4ccccc4)nc(-c4ccccc4)n3)cc(-n3c(-c4ccc(C)cc4)nc4ccccc43)c2)cc1. The van der Waals surface area contributed by atoms with Gasteiger partial charge in [-0.25, -0.2) is 24.9 Å². The number of imidazole rings is 2. The molecule has 7 heteroatoms. The number of aryl methyl sites for hydroxylation is 2. The first kappa shape index (κ1) is 33.1. The molecule has 0 N–H and O–H groups in total. The quantitative estimate of drug-likeness (QED) is 0.164. The fourth-order valence-corrected chi connectivity index (χ4v) is 7.29. The van der Waals surface area contributed by atoms with Crippen LogP contribution in [0, 0.1) is 13.8 Å². The molecular formula is C49H35N7. The summed E-state index contributed by atoms with van der Waals surface area (Å²) in [6.45, 7) is 4.21. The van der Waals surface area contributed by atoms with E-state index in [2.05, 4.69) is 126 Å². The highest BCUT2D eigenvalue weighted by Crippen LogP contribution is 2.36. The lowest BCUT2D eigenvalue weighted by molar-refractivity contribution is 1.05. The van der Waals surface area contributed by atoms with Crippen molar-refractivity contribution in [3.05, 3.63) is 187 Å². The topological polar surface area (TPSA) is 74.3 Å². The van der Waals surface area contributed by atoms with Crippen LogP contribution in [0.2, 0.25) is 0 Å².